The maximum absolute atomic E-state index is 13.5. The van der Waals surface area contributed by atoms with Crippen molar-refractivity contribution in [3.63, 3.8) is 0 Å². The number of likely N-dealkylation sites (N-methyl/N-ethyl adjacent to an activating group) is 1. The van der Waals surface area contributed by atoms with E-state index >= 15 is 0 Å². The molecule has 0 spiro atoms. The van der Waals surface area contributed by atoms with Crippen LogP contribution in [0.5, 0.6) is 0 Å². The molecule has 12 heteroatoms. The monoisotopic (exact) mass is 495 g/mol. The van der Waals surface area contributed by atoms with E-state index in [1.165, 1.54) is 12.3 Å². The van der Waals surface area contributed by atoms with Crippen LogP contribution in [0.3, 0.4) is 0 Å². The van der Waals surface area contributed by atoms with Gasteiger partial charge in [-0.1, -0.05) is 18.7 Å². The number of nitrogens with zero attached hydrogens (tertiary/aromatic N) is 4. The smallest absolute Gasteiger partial charge is 0.433 e. The van der Waals surface area contributed by atoms with Gasteiger partial charge in [0.15, 0.2) is 16.6 Å². The number of piperazine rings is 1. The number of carbonyl (C=O) groups excluding carboxylic acids is 1. The first-order chi connectivity index (χ1) is 16.3. The van der Waals surface area contributed by atoms with Gasteiger partial charge in [-0.15, -0.1) is 0 Å². The third-order valence-electron chi connectivity index (χ3n) is 5.36. The highest BCUT2D eigenvalue weighted by Gasteiger charge is 2.34. The summed E-state index contributed by atoms with van der Waals surface area (Å²) in [6.45, 7) is 5.90. The summed E-state index contributed by atoms with van der Waals surface area (Å²) in [5, 5.41) is 2.67. The molecule has 4 heterocycles. The molecule has 3 aromatic heterocycles. The predicted molar refractivity (Wildman–Crippen MR) is 120 cm³/mol. The number of hydrogen-bond acceptors (Lipinski definition) is 8. The van der Waals surface area contributed by atoms with Gasteiger partial charge in [0.25, 0.3) is 5.91 Å². The molecule has 3 aromatic rings. The summed E-state index contributed by atoms with van der Waals surface area (Å²) in [6.07, 6.45) is -3.07. The second kappa shape index (κ2) is 10.5. The number of anilines is 1. The van der Waals surface area contributed by atoms with Crippen LogP contribution < -0.4 is 10.2 Å². The van der Waals surface area contributed by atoms with E-state index in [0.717, 1.165) is 37.5 Å². The van der Waals surface area contributed by atoms with Crippen molar-refractivity contribution in [3.8, 4) is 0 Å². The Hall–Kier alpha value is -2.99. The average Bonchev–Trinajstić information content (AvgIpc) is 3.53. The van der Waals surface area contributed by atoms with Crippen LogP contribution in [0.1, 0.15) is 34.7 Å². The van der Waals surface area contributed by atoms with E-state index in [2.05, 4.69) is 27.1 Å². The maximum atomic E-state index is 13.5. The van der Waals surface area contributed by atoms with Crippen molar-refractivity contribution in [3.05, 3.63) is 59.6 Å². The number of hydrogen-bond donors (Lipinski definition) is 1. The lowest BCUT2D eigenvalue weighted by atomic mass is 10.3. The lowest BCUT2D eigenvalue weighted by molar-refractivity contribution is -0.141. The van der Waals surface area contributed by atoms with Crippen molar-refractivity contribution in [1.29, 1.82) is 0 Å². The number of aromatic nitrogens is 2. The van der Waals surface area contributed by atoms with Crippen LogP contribution in [0, 0.1) is 0 Å². The van der Waals surface area contributed by atoms with Gasteiger partial charge >= 0.3 is 6.18 Å². The molecule has 0 aliphatic carbocycles. The van der Waals surface area contributed by atoms with Gasteiger partial charge in [-0.3, -0.25) is 4.79 Å². The Morgan fingerprint density at radius 3 is 2.62 bits per heavy atom. The maximum Gasteiger partial charge on any atom is 0.433 e. The van der Waals surface area contributed by atoms with Crippen molar-refractivity contribution in [2.24, 2.45) is 0 Å². The van der Waals surface area contributed by atoms with Gasteiger partial charge in [0.1, 0.15) is 17.3 Å². The van der Waals surface area contributed by atoms with E-state index in [0.29, 0.717) is 24.6 Å². The van der Waals surface area contributed by atoms with Crippen LogP contribution in [0.4, 0.5) is 19.0 Å². The summed E-state index contributed by atoms with van der Waals surface area (Å²) in [5.74, 6) is 1.14. The number of thioether (sulfide) groups is 1. The largest absolute Gasteiger partial charge is 0.467 e. The van der Waals surface area contributed by atoms with E-state index in [4.69, 9.17) is 8.83 Å². The van der Waals surface area contributed by atoms with Gasteiger partial charge in [-0.2, -0.15) is 13.2 Å². The van der Waals surface area contributed by atoms with Crippen LogP contribution in [-0.4, -0.2) is 53.5 Å². The normalized spacial score (nSPS) is 15.0. The van der Waals surface area contributed by atoms with Crippen molar-refractivity contribution in [2.75, 3.05) is 37.6 Å². The van der Waals surface area contributed by atoms with Gasteiger partial charge in [0.2, 0.25) is 0 Å². The van der Waals surface area contributed by atoms with E-state index in [1.807, 2.05) is 4.90 Å². The van der Waals surface area contributed by atoms with Crippen LogP contribution in [-0.2, 0) is 18.5 Å². The topological polar surface area (TPSA) is 87.6 Å². The summed E-state index contributed by atoms with van der Waals surface area (Å²) < 4.78 is 51.1. The second-order valence-corrected chi connectivity index (χ2v) is 8.57. The molecule has 34 heavy (non-hydrogen) atoms. The Labute approximate surface area is 198 Å². The van der Waals surface area contributed by atoms with Crippen molar-refractivity contribution >= 4 is 23.5 Å². The molecule has 1 N–H and O–H groups in total. The van der Waals surface area contributed by atoms with E-state index in [1.54, 1.807) is 18.2 Å². The number of halogens is 3. The Bertz CT molecular complexity index is 1100. The number of rotatable bonds is 8. The summed E-state index contributed by atoms with van der Waals surface area (Å²) >= 11 is 1.02. The van der Waals surface area contributed by atoms with Gasteiger partial charge in [-0.05, 0) is 30.8 Å². The lowest BCUT2D eigenvalue weighted by Crippen LogP contribution is -2.46. The minimum Gasteiger partial charge on any atom is -0.467 e. The highest BCUT2D eigenvalue weighted by Crippen LogP contribution is 2.32. The molecule has 4 rings (SSSR count). The molecule has 182 valence electrons. The van der Waals surface area contributed by atoms with Crippen molar-refractivity contribution in [2.45, 2.75) is 30.6 Å². The van der Waals surface area contributed by atoms with Gasteiger partial charge in [-0.25, -0.2) is 9.97 Å². The van der Waals surface area contributed by atoms with Crippen molar-refractivity contribution in [1.82, 2.24) is 20.2 Å². The van der Waals surface area contributed by atoms with E-state index in [-0.39, 0.29) is 29.0 Å². The molecule has 0 atom stereocenters. The summed E-state index contributed by atoms with van der Waals surface area (Å²) in [7, 11) is 0. The fraction of sp³-hybridized carbons (Fsp3) is 0.409. The van der Waals surface area contributed by atoms with Crippen LogP contribution in [0.15, 0.2) is 50.6 Å². The highest BCUT2D eigenvalue weighted by atomic mass is 32.2. The van der Waals surface area contributed by atoms with E-state index in [9.17, 15) is 18.0 Å². The highest BCUT2D eigenvalue weighted by molar-refractivity contribution is 7.98. The Morgan fingerprint density at radius 2 is 1.94 bits per heavy atom. The number of amides is 1. The lowest BCUT2D eigenvalue weighted by Gasteiger charge is -2.35. The number of carbonyl (C=O) groups is 1. The average molecular weight is 496 g/mol. The summed E-state index contributed by atoms with van der Waals surface area (Å²) in [5.41, 5.74) is -0.977. The molecule has 1 aliphatic rings. The first kappa shape index (κ1) is 24.1. The van der Waals surface area contributed by atoms with Crippen LogP contribution >= 0.6 is 11.8 Å². The summed E-state index contributed by atoms with van der Waals surface area (Å²) in [6, 6.07) is 7.57. The number of nitrogens with one attached hydrogen (secondary N) is 1. The standard InChI is InChI=1S/C22H24F3N5O3S/c1-2-29-7-9-30(10-8-29)19-12-18(22(23,24)25)27-21(28-19)34-14-16-5-6-17(33-16)20(31)26-13-15-4-3-11-32-15/h3-6,11-12H,2,7-10,13-14H2,1H3,(H,26,31). The molecular formula is C22H24F3N5O3S. The molecule has 8 nitrogen and oxygen atoms in total. The van der Waals surface area contributed by atoms with Crippen LogP contribution in [0.25, 0.3) is 0 Å². The molecule has 1 saturated heterocycles. The summed E-state index contributed by atoms with van der Waals surface area (Å²) in [4.78, 5) is 24.4. The molecule has 0 aromatic carbocycles. The first-order valence-corrected chi connectivity index (χ1v) is 11.8. The molecule has 1 amide bonds. The van der Waals surface area contributed by atoms with Gasteiger partial charge < -0.3 is 24.0 Å². The molecule has 0 bridgehead atoms. The minimum atomic E-state index is -4.58. The molecular weight excluding hydrogens is 471 g/mol. The predicted octanol–water partition coefficient (Wildman–Crippen LogP) is 4.05. The van der Waals surface area contributed by atoms with Crippen molar-refractivity contribution < 1.29 is 26.8 Å². The first-order valence-electron chi connectivity index (χ1n) is 10.8. The third kappa shape index (κ3) is 6.11. The zero-order chi connectivity index (χ0) is 24.1. The minimum absolute atomic E-state index is 0.00275. The molecule has 1 aliphatic heterocycles. The van der Waals surface area contributed by atoms with Gasteiger partial charge in [0.05, 0.1) is 18.6 Å². The third-order valence-corrected chi connectivity index (χ3v) is 6.23. The van der Waals surface area contributed by atoms with E-state index < -0.39 is 17.8 Å². The Kier molecular flexibility index (Phi) is 7.47. The second-order valence-electron chi connectivity index (χ2n) is 7.63. The quantitative estimate of drug-likeness (QED) is 0.370. The Balaban J connectivity index is 1.41. The van der Waals surface area contributed by atoms with Gasteiger partial charge in [0, 0.05) is 32.2 Å². The molecule has 0 radical (unpaired) electrons. The molecule has 0 saturated carbocycles. The molecule has 0 unspecified atom stereocenters. The fourth-order valence-electron chi connectivity index (χ4n) is 3.46. The zero-order valence-electron chi connectivity index (χ0n) is 18.5. The zero-order valence-corrected chi connectivity index (χ0v) is 19.3. The Morgan fingerprint density at radius 1 is 1.15 bits per heavy atom. The SMILES string of the molecule is CCN1CCN(c2cc(C(F)(F)F)nc(SCc3ccc(C(=O)NCc4ccco4)o3)n2)CC1. The number of furan rings is 2. The molecule has 1 fully saturated rings. The number of alkyl halides is 3. The fourth-order valence-corrected chi connectivity index (χ4v) is 4.21. The van der Waals surface area contributed by atoms with Crippen LogP contribution in [0.2, 0.25) is 0 Å².